The summed E-state index contributed by atoms with van der Waals surface area (Å²) < 4.78 is 54.8. The van der Waals surface area contributed by atoms with Crippen LogP contribution in [0.1, 0.15) is 13.0 Å². The predicted octanol–water partition coefficient (Wildman–Crippen LogP) is -0.730. The van der Waals surface area contributed by atoms with Crippen LogP contribution in [-0.2, 0) is 16.0 Å². The number of hydrogen-bond acceptors (Lipinski definition) is 15. The lowest BCUT2D eigenvalue weighted by Gasteiger charge is -2.43. The van der Waals surface area contributed by atoms with E-state index >= 15 is 0 Å². The zero-order valence-electron chi connectivity index (χ0n) is 24.5. The summed E-state index contributed by atoms with van der Waals surface area (Å²) in [6.07, 6.45) is -2.59. The van der Waals surface area contributed by atoms with Gasteiger partial charge in [0.1, 0.15) is 58.8 Å². The monoisotopic (exact) mass is 684 g/mol. The molecule has 20 heteroatoms. The normalized spacial score (nSPS) is 24.2. The van der Waals surface area contributed by atoms with E-state index in [1.54, 1.807) is 6.07 Å². The number of aliphatic hydroxyl groups excluding tert-OH is 6. The Morgan fingerprint density at radius 1 is 0.979 bits per heavy atom. The van der Waals surface area contributed by atoms with Crippen LogP contribution in [0.5, 0.6) is 0 Å². The van der Waals surface area contributed by atoms with Crippen LogP contribution in [0, 0.1) is 17.5 Å². The molecular weight excluding hydrogens is 653 g/mol. The number of thioether (sulfide) groups is 1. The molecule has 16 nitrogen and oxygen atoms in total. The lowest BCUT2D eigenvalue weighted by Crippen LogP contribution is -2.56. The Morgan fingerprint density at radius 2 is 1.66 bits per heavy atom. The first-order valence-electron chi connectivity index (χ1n) is 14.1. The van der Waals surface area contributed by atoms with Crippen molar-refractivity contribution in [2.45, 2.75) is 67.0 Å². The van der Waals surface area contributed by atoms with Gasteiger partial charge in [0.05, 0.1) is 38.3 Å². The van der Waals surface area contributed by atoms with Gasteiger partial charge < -0.3 is 40.1 Å². The van der Waals surface area contributed by atoms with Crippen LogP contribution in [0.25, 0.3) is 22.8 Å². The molecule has 6 N–H and O–H groups in total. The fourth-order valence-corrected chi connectivity index (χ4v) is 6.04. The Balaban J connectivity index is 1.38. The van der Waals surface area contributed by atoms with Gasteiger partial charge in [-0.3, -0.25) is 0 Å². The van der Waals surface area contributed by atoms with Crippen LogP contribution < -0.4 is 0 Å². The van der Waals surface area contributed by atoms with Crippen molar-refractivity contribution in [1.82, 2.24) is 40.0 Å². The third kappa shape index (κ3) is 7.77. The molecule has 254 valence electrons. The topological polar surface area (TPSA) is 227 Å². The molecule has 1 aromatic carbocycles. The van der Waals surface area contributed by atoms with Crippen molar-refractivity contribution < 1.29 is 53.3 Å². The fraction of sp³-hybridized carbons (Fsp3) is 0.481. The van der Waals surface area contributed by atoms with E-state index in [-0.39, 0.29) is 29.3 Å². The van der Waals surface area contributed by atoms with Gasteiger partial charge in [-0.2, -0.15) is 0 Å². The predicted molar refractivity (Wildman–Crippen MR) is 154 cm³/mol. The standard InChI is InChI=1S/C27H31F3N8O8S/c1-12(41)19(10-39)45-26(18(42)9-37-7-16(33-35-37)13-5-14(28)21(30)15(29)6-13)47-27-24(44)22(23(43)20(11-40)46-27)38-8-17(34-36-38)25-31-3-2-4-32-25/h2-8,12,18-20,22-24,26-27,39-44H,9-11H2,1H3/t12-,18+,19?,20-,22?,23?,24?,26?,27+/m1/s1. The highest BCUT2D eigenvalue weighted by atomic mass is 32.2. The molecule has 1 saturated heterocycles. The van der Waals surface area contributed by atoms with E-state index < -0.39 is 84.2 Å². The number of benzene rings is 1. The Morgan fingerprint density at radius 3 is 2.30 bits per heavy atom. The van der Waals surface area contributed by atoms with Crippen LogP contribution in [0.4, 0.5) is 13.2 Å². The fourth-order valence-electron chi connectivity index (χ4n) is 4.78. The molecule has 3 aromatic heterocycles. The molecule has 0 spiro atoms. The molecule has 47 heavy (non-hydrogen) atoms. The summed E-state index contributed by atoms with van der Waals surface area (Å²) in [5.74, 6) is -4.28. The van der Waals surface area contributed by atoms with E-state index in [0.717, 1.165) is 16.8 Å². The van der Waals surface area contributed by atoms with Crippen LogP contribution in [0.15, 0.2) is 43.0 Å². The molecule has 0 aliphatic carbocycles. The summed E-state index contributed by atoms with van der Waals surface area (Å²) in [6, 6.07) is 1.85. The minimum Gasteiger partial charge on any atom is -0.394 e. The largest absolute Gasteiger partial charge is 0.394 e. The van der Waals surface area contributed by atoms with Crippen LogP contribution in [0.2, 0.25) is 0 Å². The average Bonchev–Trinajstić information content (AvgIpc) is 3.73. The number of aliphatic hydroxyl groups is 6. The van der Waals surface area contributed by atoms with Gasteiger partial charge in [0, 0.05) is 18.0 Å². The summed E-state index contributed by atoms with van der Waals surface area (Å²) in [6.45, 7) is -0.345. The SMILES string of the molecule is C[C@@H](O)C(CO)OC(S[C@@H]1O[C@H](CO)C(O)C(n2cc(-c3ncccn3)nn2)C1O)[C@@H](O)Cn1cc(-c2cc(F)c(F)c(F)c2)nn1. The first-order valence-corrected chi connectivity index (χ1v) is 15.1. The van der Waals surface area contributed by atoms with Crippen molar-refractivity contribution >= 4 is 11.8 Å². The second-order valence-electron chi connectivity index (χ2n) is 10.6. The molecule has 5 unspecified atom stereocenters. The van der Waals surface area contributed by atoms with Crippen LogP contribution >= 0.6 is 11.8 Å². The highest BCUT2D eigenvalue weighted by molar-refractivity contribution is 8.00. The molecule has 0 amide bonds. The molecule has 9 atom stereocenters. The van der Waals surface area contributed by atoms with E-state index in [0.29, 0.717) is 11.8 Å². The number of halogens is 3. The smallest absolute Gasteiger partial charge is 0.194 e. The van der Waals surface area contributed by atoms with Crippen LogP contribution in [-0.4, -0.2) is 131 Å². The second kappa shape index (κ2) is 15.1. The molecule has 0 bridgehead atoms. The van der Waals surface area contributed by atoms with Gasteiger partial charge in [0.2, 0.25) is 0 Å². The molecule has 4 aromatic rings. The third-order valence-corrected chi connectivity index (χ3v) is 8.61. The second-order valence-corrected chi connectivity index (χ2v) is 11.8. The molecule has 4 heterocycles. The molecule has 5 rings (SSSR count). The first-order chi connectivity index (χ1) is 22.5. The van der Waals surface area contributed by atoms with Gasteiger partial charge in [-0.25, -0.2) is 32.5 Å². The molecule has 1 aliphatic heterocycles. The molecule has 0 radical (unpaired) electrons. The number of rotatable bonds is 13. The van der Waals surface area contributed by atoms with Gasteiger partial charge >= 0.3 is 0 Å². The Hall–Kier alpha value is -3.60. The zero-order valence-corrected chi connectivity index (χ0v) is 25.3. The summed E-state index contributed by atoms with van der Waals surface area (Å²) in [5, 5.41) is 79.2. The molecule has 0 saturated carbocycles. The number of hydrogen-bond donors (Lipinski definition) is 6. The van der Waals surface area contributed by atoms with Gasteiger partial charge in [0.25, 0.3) is 0 Å². The summed E-state index contributed by atoms with van der Waals surface area (Å²) in [4.78, 5) is 8.20. The number of aromatic nitrogens is 8. The molecular formula is C27H31F3N8O8S. The average molecular weight is 685 g/mol. The number of nitrogens with zero attached hydrogens (tertiary/aromatic N) is 8. The highest BCUT2D eigenvalue weighted by Crippen LogP contribution is 2.38. The minimum atomic E-state index is -1.65. The van der Waals surface area contributed by atoms with Gasteiger partial charge in [0.15, 0.2) is 23.3 Å². The van der Waals surface area contributed by atoms with Crippen molar-refractivity contribution in [1.29, 1.82) is 0 Å². The summed E-state index contributed by atoms with van der Waals surface area (Å²) in [5.41, 5.74) is -2.59. The third-order valence-electron chi connectivity index (χ3n) is 7.26. The van der Waals surface area contributed by atoms with Crippen molar-refractivity contribution in [3.8, 4) is 22.8 Å². The van der Waals surface area contributed by atoms with Gasteiger partial charge in [-0.1, -0.05) is 22.2 Å². The van der Waals surface area contributed by atoms with E-state index in [2.05, 4.69) is 30.6 Å². The molecule has 1 aliphatic rings. The van der Waals surface area contributed by atoms with Gasteiger partial charge in [-0.15, -0.1) is 10.2 Å². The maximum absolute atomic E-state index is 13.8. The summed E-state index contributed by atoms with van der Waals surface area (Å²) >= 11 is 0.716. The Kier molecular flexibility index (Phi) is 11.1. The number of ether oxygens (including phenoxy) is 2. The van der Waals surface area contributed by atoms with E-state index in [4.69, 9.17) is 9.47 Å². The highest BCUT2D eigenvalue weighted by Gasteiger charge is 2.48. The van der Waals surface area contributed by atoms with Crippen molar-refractivity contribution in [2.75, 3.05) is 13.2 Å². The van der Waals surface area contributed by atoms with Crippen molar-refractivity contribution in [3.63, 3.8) is 0 Å². The minimum absolute atomic E-state index is 0.0425. The Labute approximate surface area is 268 Å². The van der Waals surface area contributed by atoms with Crippen molar-refractivity contribution in [3.05, 3.63) is 60.4 Å². The van der Waals surface area contributed by atoms with E-state index in [1.807, 2.05) is 0 Å². The van der Waals surface area contributed by atoms with Crippen molar-refractivity contribution in [2.24, 2.45) is 0 Å². The lowest BCUT2D eigenvalue weighted by molar-refractivity contribution is -0.180. The van der Waals surface area contributed by atoms with E-state index in [9.17, 15) is 43.8 Å². The maximum atomic E-state index is 13.8. The zero-order chi connectivity index (χ0) is 33.8. The van der Waals surface area contributed by atoms with Crippen LogP contribution in [0.3, 0.4) is 0 Å². The first kappa shape index (κ1) is 34.7. The van der Waals surface area contributed by atoms with Gasteiger partial charge in [-0.05, 0) is 25.1 Å². The molecule has 1 fully saturated rings. The quantitative estimate of drug-likeness (QED) is 0.0754. The van der Waals surface area contributed by atoms with E-state index in [1.165, 1.54) is 36.4 Å². The summed E-state index contributed by atoms with van der Waals surface area (Å²) in [7, 11) is 0. The maximum Gasteiger partial charge on any atom is 0.194 e. The Bertz CT molecular complexity index is 1600. The lowest BCUT2D eigenvalue weighted by atomic mass is 9.97.